The van der Waals surface area contributed by atoms with Crippen LogP contribution in [0.2, 0.25) is 5.02 Å². The average molecular weight is 434 g/mol. The number of anilines is 1. The summed E-state index contributed by atoms with van der Waals surface area (Å²) in [6.07, 6.45) is 1.08. The maximum atomic E-state index is 5.89. The van der Waals surface area contributed by atoms with Crippen molar-refractivity contribution < 1.29 is 0 Å². The molecule has 0 spiro atoms. The lowest BCUT2D eigenvalue weighted by molar-refractivity contribution is 0.933. The van der Waals surface area contributed by atoms with Crippen LogP contribution in [-0.4, -0.2) is 16.5 Å². The van der Waals surface area contributed by atoms with E-state index in [1.165, 1.54) is 4.90 Å². The highest BCUT2D eigenvalue weighted by Crippen LogP contribution is 2.25. The Morgan fingerprint density at radius 2 is 1.95 bits per heavy atom. The minimum atomic E-state index is 0.750. The standard InChI is InChI=1S/C15H17ClIN3S/c1-3-8-18-15-14(17)10(2)19-13(20-15)9-21-12-6-4-11(16)5-7-12/h4-7H,3,8-9H2,1-2H3,(H,18,19,20). The molecule has 0 aliphatic rings. The monoisotopic (exact) mass is 433 g/mol. The lowest BCUT2D eigenvalue weighted by atomic mass is 10.4. The molecule has 6 heteroatoms. The van der Waals surface area contributed by atoms with Crippen LogP contribution >= 0.6 is 46.0 Å². The first-order valence-electron chi connectivity index (χ1n) is 6.75. The van der Waals surface area contributed by atoms with E-state index in [0.717, 1.165) is 44.6 Å². The molecule has 2 aromatic rings. The molecule has 0 aliphatic carbocycles. The maximum Gasteiger partial charge on any atom is 0.143 e. The molecule has 3 nitrogen and oxygen atoms in total. The third-order valence-electron chi connectivity index (χ3n) is 2.79. The average Bonchev–Trinajstić information content (AvgIpc) is 2.48. The Bertz CT molecular complexity index is 605. The van der Waals surface area contributed by atoms with Crippen molar-refractivity contribution >= 4 is 51.8 Å². The fourth-order valence-electron chi connectivity index (χ4n) is 1.72. The normalized spacial score (nSPS) is 10.7. The van der Waals surface area contributed by atoms with Crippen LogP contribution in [0.1, 0.15) is 24.9 Å². The summed E-state index contributed by atoms with van der Waals surface area (Å²) in [5, 5.41) is 4.12. The van der Waals surface area contributed by atoms with Crippen LogP contribution in [-0.2, 0) is 5.75 Å². The zero-order valence-electron chi connectivity index (χ0n) is 12.0. The number of rotatable bonds is 6. The molecule has 0 radical (unpaired) electrons. The Labute approximate surface area is 148 Å². The third-order valence-corrected chi connectivity index (χ3v) is 5.34. The highest BCUT2D eigenvalue weighted by molar-refractivity contribution is 14.1. The number of hydrogen-bond donors (Lipinski definition) is 1. The van der Waals surface area contributed by atoms with E-state index in [0.29, 0.717) is 0 Å². The quantitative estimate of drug-likeness (QED) is 0.504. The van der Waals surface area contributed by atoms with Crippen molar-refractivity contribution in [3.63, 3.8) is 0 Å². The molecule has 0 unspecified atom stereocenters. The SMILES string of the molecule is CCCNc1nc(CSc2ccc(Cl)cc2)nc(C)c1I. The Balaban J connectivity index is 2.08. The number of halogens is 2. The highest BCUT2D eigenvalue weighted by atomic mass is 127. The maximum absolute atomic E-state index is 5.89. The number of aryl methyl sites for hydroxylation is 1. The van der Waals surface area contributed by atoms with E-state index < -0.39 is 0 Å². The molecule has 0 saturated carbocycles. The molecule has 0 atom stereocenters. The zero-order chi connectivity index (χ0) is 15.2. The Kier molecular flexibility index (Phi) is 6.57. The van der Waals surface area contributed by atoms with E-state index in [1.807, 2.05) is 31.2 Å². The van der Waals surface area contributed by atoms with Gasteiger partial charge in [-0.3, -0.25) is 0 Å². The van der Waals surface area contributed by atoms with Gasteiger partial charge in [0.15, 0.2) is 0 Å². The van der Waals surface area contributed by atoms with E-state index in [-0.39, 0.29) is 0 Å². The molecule has 0 saturated heterocycles. The van der Waals surface area contributed by atoms with Crippen molar-refractivity contribution in [1.82, 2.24) is 9.97 Å². The summed E-state index contributed by atoms with van der Waals surface area (Å²) in [4.78, 5) is 10.4. The van der Waals surface area contributed by atoms with Crippen LogP contribution in [0.25, 0.3) is 0 Å². The van der Waals surface area contributed by atoms with E-state index in [4.69, 9.17) is 11.6 Å². The fraction of sp³-hybridized carbons (Fsp3) is 0.333. The minimum absolute atomic E-state index is 0.750. The van der Waals surface area contributed by atoms with Gasteiger partial charge in [0.2, 0.25) is 0 Å². The molecular weight excluding hydrogens is 417 g/mol. The van der Waals surface area contributed by atoms with E-state index in [9.17, 15) is 0 Å². The summed E-state index contributed by atoms with van der Waals surface area (Å²) < 4.78 is 1.10. The fourth-order valence-corrected chi connectivity index (χ4v) is 3.03. The van der Waals surface area contributed by atoms with Crippen molar-refractivity contribution in [2.24, 2.45) is 0 Å². The second kappa shape index (κ2) is 8.19. The van der Waals surface area contributed by atoms with E-state index in [2.05, 4.69) is 44.8 Å². The first-order valence-corrected chi connectivity index (χ1v) is 9.19. The van der Waals surface area contributed by atoms with Crippen molar-refractivity contribution in [2.45, 2.75) is 30.9 Å². The molecule has 1 N–H and O–H groups in total. The summed E-state index contributed by atoms with van der Waals surface area (Å²) in [6.45, 7) is 5.10. The Morgan fingerprint density at radius 3 is 2.62 bits per heavy atom. The number of hydrogen-bond acceptors (Lipinski definition) is 4. The molecule has 1 aromatic carbocycles. The summed E-state index contributed by atoms with van der Waals surface area (Å²) in [5.74, 6) is 2.54. The van der Waals surface area contributed by atoms with Gasteiger partial charge in [0.05, 0.1) is 15.0 Å². The first-order chi connectivity index (χ1) is 10.1. The van der Waals surface area contributed by atoms with Crippen molar-refractivity contribution in [3.05, 3.63) is 44.4 Å². The van der Waals surface area contributed by atoms with Crippen LogP contribution < -0.4 is 5.32 Å². The van der Waals surface area contributed by atoms with Crippen molar-refractivity contribution in [3.8, 4) is 0 Å². The number of nitrogens with zero attached hydrogens (tertiary/aromatic N) is 2. The molecule has 1 heterocycles. The van der Waals surface area contributed by atoms with Crippen LogP contribution in [0.15, 0.2) is 29.2 Å². The first kappa shape index (κ1) is 16.8. The second-order valence-electron chi connectivity index (χ2n) is 4.56. The summed E-state index contributed by atoms with van der Waals surface area (Å²) in [5.41, 5.74) is 1.02. The van der Waals surface area contributed by atoms with Gasteiger partial charge in [-0.05, 0) is 60.2 Å². The van der Waals surface area contributed by atoms with Crippen molar-refractivity contribution in [2.75, 3.05) is 11.9 Å². The number of thioether (sulfide) groups is 1. The summed E-state index contributed by atoms with van der Waals surface area (Å²) >= 11 is 9.90. The van der Waals surface area contributed by atoms with Crippen LogP contribution in [0, 0.1) is 10.5 Å². The highest BCUT2D eigenvalue weighted by Gasteiger charge is 2.09. The van der Waals surface area contributed by atoms with Crippen LogP contribution in [0.4, 0.5) is 5.82 Å². The topological polar surface area (TPSA) is 37.8 Å². The number of nitrogens with one attached hydrogen (secondary N) is 1. The van der Waals surface area contributed by atoms with E-state index in [1.54, 1.807) is 11.8 Å². The van der Waals surface area contributed by atoms with Gasteiger partial charge in [-0.2, -0.15) is 0 Å². The van der Waals surface area contributed by atoms with Gasteiger partial charge < -0.3 is 5.32 Å². The summed E-state index contributed by atoms with van der Waals surface area (Å²) in [6, 6.07) is 7.84. The smallest absolute Gasteiger partial charge is 0.143 e. The molecular formula is C15H17ClIN3S. The predicted molar refractivity (Wildman–Crippen MR) is 99.3 cm³/mol. The van der Waals surface area contributed by atoms with Crippen molar-refractivity contribution in [1.29, 1.82) is 0 Å². The third kappa shape index (κ3) is 5.00. The predicted octanol–water partition coefficient (Wildman–Crippen LogP) is 5.16. The number of benzene rings is 1. The lowest BCUT2D eigenvalue weighted by Crippen LogP contribution is -2.08. The van der Waals surface area contributed by atoms with Gasteiger partial charge in [0, 0.05) is 16.5 Å². The van der Waals surface area contributed by atoms with Gasteiger partial charge in [-0.1, -0.05) is 18.5 Å². The Hall–Kier alpha value is -0.530. The largest absolute Gasteiger partial charge is 0.369 e. The molecule has 112 valence electrons. The van der Waals surface area contributed by atoms with E-state index >= 15 is 0 Å². The van der Waals surface area contributed by atoms with Crippen LogP contribution in [0.3, 0.4) is 0 Å². The molecule has 21 heavy (non-hydrogen) atoms. The van der Waals surface area contributed by atoms with Crippen LogP contribution in [0.5, 0.6) is 0 Å². The molecule has 0 bridgehead atoms. The molecule has 0 amide bonds. The second-order valence-corrected chi connectivity index (χ2v) is 7.12. The Morgan fingerprint density at radius 1 is 1.24 bits per heavy atom. The molecule has 2 rings (SSSR count). The van der Waals surface area contributed by atoms with Gasteiger partial charge in [0.25, 0.3) is 0 Å². The minimum Gasteiger partial charge on any atom is -0.369 e. The molecule has 0 aliphatic heterocycles. The van der Waals surface area contributed by atoms with Gasteiger partial charge in [-0.15, -0.1) is 11.8 Å². The van der Waals surface area contributed by atoms with Gasteiger partial charge in [0.1, 0.15) is 11.6 Å². The van der Waals surface area contributed by atoms with Gasteiger partial charge >= 0.3 is 0 Å². The molecule has 0 fully saturated rings. The summed E-state index contributed by atoms with van der Waals surface area (Å²) in [7, 11) is 0. The lowest BCUT2D eigenvalue weighted by Gasteiger charge is -2.10. The zero-order valence-corrected chi connectivity index (χ0v) is 15.7. The molecule has 1 aromatic heterocycles. The number of aromatic nitrogens is 2. The van der Waals surface area contributed by atoms with Gasteiger partial charge in [-0.25, -0.2) is 9.97 Å².